The number of para-hydroxylation sites is 2. The lowest BCUT2D eigenvalue weighted by molar-refractivity contribution is 0.102. The Morgan fingerprint density at radius 1 is 0.966 bits per heavy atom. The third-order valence-electron chi connectivity index (χ3n) is 4.64. The number of ether oxygens (including phenoxy) is 1. The van der Waals surface area contributed by atoms with Crippen molar-refractivity contribution in [3.63, 3.8) is 0 Å². The number of methoxy groups -OCH3 is 1. The van der Waals surface area contributed by atoms with Crippen LogP contribution in [-0.2, 0) is 0 Å². The van der Waals surface area contributed by atoms with Crippen LogP contribution in [0.25, 0.3) is 0 Å². The van der Waals surface area contributed by atoms with Gasteiger partial charge in [-0.3, -0.25) is 4.79 Å². The Kier molecular flexibility index (Phi) is 6.68. The van der Waals surface area contributed by atoms with Gasteiger partial charge in [0.15, 0.2) is 0 Å². The number of carbonyl (C=O) groups is 1. The van der Waals surface area contributed by atoms with E-state index in [9.17, 15) is 4.79 Å². The SMILES string of the molecule is CCN(CC)c1ccc(NC(=O)c2ccc(Nc3ccccc3OC)cn2)cc1. The number of carbonyl (C=O) groups excluding carboxylic acids is 1. The first kappa shape index (κ1) is 20.2. The van der Waals surface area contributed by atoms with Crippen molar-refractivity contribution >= 4 is 28.7 Å². The van der Waals surface area contributed by atoms with Crippen LogP contribution < -0.4 is 20.3 Å². The molecule has 2 aromatic carbocycles. The molecule has 6 heteroatoms. The molecule has 0 unspecified atom stereocenters. The minimum atomic E-state index is -0.246. The smallest absolute Gasteiger partial charge is 0.274 e. The summed E-state index contributed by atoms with van der Waals surface area (Å²) in [6, 6.07) is 19.0. The van der Waals surface area contributed by atoms with E-state index in [4.69, 9.17) is 4.74 Å². The van der Waals surface area contributed by atoms with Gasteiger partial charge in [-0.15, -0.1) is 0 Å². The maximum absolute atomic E-state index is 12.5. The molecule has 29 heavy (non-hydrogen) atoms. The third kappa shape index (κ3) is 5.04. The van der Waals surface area contributed by atoms with Crippen molar-refractivity contribution in [1.82, 2.24) is 4.98 Å². The third-order valence-corrected chi connectivity index (χ3v) is 4.64. The largest absolute Gasteiger partial charge is 0.495 e. The summed E-state index contributed by atoms with van der Waals surface area (Å²) >= 11 is 0. The van der Waals surface area contributed by atoms with Gasteiger partial charge in [0.05, 0.1) is 24.7 Å². The van der Waals surface area contributed by atoms with Crippen LogP contribution in [0.3, 0.4) is 0 Å². The van der Waals surface area contributed by atoms with Gasteiger partial charge in [-0.05, 0) is 62.4 Å². The van der Waals surface area contributed by atoms with Gasteiger partial charge >= 0.3 is 0 Å². The topological polar surface area (TPSA) is 66.5 Å². The van der Waals surface area contributed by atoms with Crippen LogP contribution in [0.2, 0.25) is 0 Å². The fourth-order valence-corrected chi connectivity index (χ4v) is 3.04. The zero-order chi connectivity index (χ0) is 20.6. The summed E-state index contributed by atoms with van der Waals surface area (Å²) < 4.78 is 5.33. The van der Waals surface area contributed by atoms with Crippen molar-refractivity contribution in [1.29, 1.82) is 0 Å². The molecule has 0 saturated heterocycles. The van der Waals surface area contributed by atoms with E-state index >= 15 is 0 Å². The molecule has 0 fully saturated rings. The van der Waals surface area contributed by atoms with Crippen molar-refractivity contribution in [3.8, 4) is 5.75 Å². The van der Waals surface area contributed by atoms with Gasteiger partial charge in [0.2, 0.25) is 0 Å². The highest BCUT2D eigenvalue weighted by atomic mass is 16.5. The average Bonchev–Trinajstić information content (AvgIpc) is 2.76. The predicted octanol–water partition coefficient (Wildman–Crippen LogP) is 4.93. The van der Waals surface area contributed by atoms with Crippen LogP contribution >= 0.6 is 0 Å². The molecule has 0 aliphatic heterocycles. The second-order valence-corrected chi connectivity index (χ2v) is 6.43. The monoisotopic (exact) mass is 390 g/mol. The highest BCUT2D eigenvalue weighted by Crippen LogP contribution is 2.26. The number of aromatic nitrogens is 1. The molecule has 1 aromatic heterocycles. The molecule has 1 amide bonds. The molecule has 150 valence electrons. The summed E-state index contributed by atoms with van der Waals surface area (Å²) in [5, 5.41) is 6.13. The van der Waals surface area contributed by atoms with Crippen LogP contribution in [0.5, 0.6) is 5.75 Å². The number of rotatable bonds is 8. The minimum absolute atomic E-state index is 0.246. The Hall–Kier alpha value is -3.54. The number of benzene rings is 2. The maximum atomic E-state index is 12.5. The van der Waals surface area contributed by atoms with Crippen molar-refractivity contribution in [2.45, 2.75) is 13.8 Å². The lowest BCUT2D eigenvalue weighted by atomic mass is 10.2. The first-order chi connectivity index (χ1) is 14.1. The van der Waals surface area contributed by atoms with E-state index in [2.05, 4.69) is 34.4 Å². The average molecular weight is 390 g/mol. The summed E-state index contributed by atoms with van der Waals surface area (Å²) in [4.78, 5) is 19.0. The molecule has 3 aromatic rings. The maximum Gasteiger partial charge on any atom is 0.274 e. The lowest BCUT2D eigenvalue weighted by Crippen LogP contribution is -2.21. The summed E-state index contributed by atoms with van der Waals surface area (Å²) in [5.41, 5.74) is 3.84. The second-order valence-electron chi connectivity index (χ2n) is 6.43. The molecule has 0 spiro atoms. The number of anilines is 4. The van der Waals surface area contributed by atoms with Gasteiger partial charge in [0.25, 0.3) is 5.91 Å². The fourth-order valence-electron chi connectivity index (χ4n) is 3.04. The lowest BCUT2D eigenvalue weighted by Gasteiger charge is -2.21. The van der Waals surface area contributed by atoms with E-state index in [1.165, 1.54) is 0 Å². The zero-order valence-corrected chi connectivity index (χ0v) is 17.0. The fraction of sp³-hybridized carbons (Fsp3) is 0.217. The van der Waals surface area contributed by atoms with Crippen molar-refractivity contribution in [2.75, 3.05) is 35.7 Å². The Morgan fingerprint density at radius 3 is 2.28 bits per heavy atom. The normalized spacial score (nSPS) is 10.3. The highest BCUT2D eigenvalue weighted by molar-refractivity contribution is 6.03. The molecule has 0 bridgehead atoms. The van der Waals surface area contributed by atoms with E-state index in [1.807, 2.05) is 54.6 Å². The molecule has 3 rings (SSSR count). The summed E-state index contributed by atoms with van der Waals surface area (Å²) in [7, 11) is 1.63. The Bertz CT molecular complexity index is 936. The summed E-state index contributed by atoms with van der Waals surface area (Å²) in [5.74, 6) is 0.493. The number of nitrogens with zero attached hydrogens (tertiary/aromatic N) is 2. The van der Waals surface area contributed by atoms with Crippen molar-refractivity contribution < 1.29 is 9.53 Å². The molecule has 0 aliphatic carbocycles. The van der Waals surface area contributed by atoms with Crippen LogP contribution in [0.1, 0.15) is 24.3 Å². The van der Waals surface area contributed by atoms with E-state index in [0.29, 0.717) is 5.69 Å². The minimum Gasteiger partial charge on any atom is -0.495 e. The van der Waals surface area contributed by atoms with Crippen LogP contribution in [0.4, 0.5) is 22.7 Å². The van der Waals surface area contributed by atoms with E-state index in [-0.39, 0.29) is 5.91 Å². The van der Waals surface area contributed by atoms with Gasteiger partial charge in [-0.2, -0.15) is 0 Å². The molecule has 0 saturated carbocycles. The molecule has 0 radical (unpaired) electrons. The molecule has 2 N–H and O–H groups in total. The standard InChI is InChI=1S/C23H26N4O2/c1-4-27(5-2)19-13-10-17(11-14-19)26-23(28)21-15-12-18(16-24-21)25-20-8-6-7-9-22(20)29-3/h6-16,25H,4-5H2,1-3H3,(H,26,28). The number of amides is 1. The van der Waals surface area contributed by atoms with Crippen LogP contribution in [0.15, 0.2) is 66.9 Å². The van der Waals surface area contributed by atoms with E-state index in [0.717, 1.165) is 41.6 Å². The Labute approximate surface area is 171 Å². The Morgan fingerprint density at radius 2 is 1.66 bits per heavy atom. The first-order valence-electron chi connectivity index (χ1n) is 9.67. The quantitative estimate of drug-likeness (QED) is 0.571. The van der Waals surface area contributed by atoms with Crippen molar-refractivity contribution in [3.05, 3.63) is 72.6 Å². The van der Waals surface area contributed by atoms with Gasteiger partial charge in [-0.1, -0.05) is 12.1 Å². The van der Waals surface area contributed by atoms with Gasteiger partial charge < -0.3 is 20.3 Å². The first-order valence-corrected chi connectivity index (χ1v) is 9.67. The van der Waals surface area contributed by atoms with E-state index < -0.39 is 0 Å². The predicted molar refractivity (Wildman–Crippen MR) is 118 cm³/mol. The number of pyridine rings is 1. The van der Waals surface area contributed by atoms with Crippen molar-refractivity contribution in [2.24, 2.45) is 0 Å². The highest BCUT2D eigenvalue weighted by Gasteiger charge is 2.09. The summed E-state index contributed by atoms with van der Waals surface area (Å²) in [6.07, 6.45) is 1.63. The molecular formula is C23H26N4O2. The van der Waals surface area contributed by atoms with Gasteiger partial charge in [-0.25, -0.2) is 4.98 Å². The Balaban J connectivity index is 1.64. The number of nitrogens with one attached hydrogen (secondary N) is 2. The molecular weight excluding hydrogens is 364 g/mol. The van der Waals surface area contributed by atoms with Gasteiger partial charge in [0, 0.05) is 24.5 Å². The molecule has 0 aliphatic rings. The molecule has 0 atom stereocenters. The van der Waals surface area contributed by atoms with Crippen LogP contribution in [-0.4, -0.2) is 31.1 Å². The van der Waals surface area contributed by atoms with Gasteiger partial charge in [0.1, 0.15) is 11.4 Å². The number of hydrogen-bond donors (Lipinski definition) is 2. The molecule has 1 heterocycles. The second kappa shape index (κ2) is 9.59. The molecule has 6 nitrogen and oxygen atoms in total. The zero-order valence-electron chi connectivity index (χ0n) is 17.0. The van der Waals surface area contributed by atoms with Crippen LogP contribution in [0, 0.1) is 0 Å². The van der Waals surface area contributed by atoms with E-state index in [1.54, 1.807) is 19.4 Å². The summed E-state index contributed by atoms with van der Waals surface area (Å²) in [6.45, 7) is 6.14. The number of hydrogen-bond acceptors (Lipinski definition) is 5.